The summed E-state index contributed by atoms with van der Waals surface area (Å²) in [7, 11) is -3.71. The van der Waals surface area contributed by atoms with Crippen molar-refractivity contribution in [3.05, 3.63) is 24.3 Å². The molecule has 0 spiro atoms. The van der Waals surface area contributed by atoms with Crippen LogP contribution in [0.15, 0.2) is 29.2 Å². The maximum Gasteiger partial charge on any atom is 0.240 e. The lowest BCUT2D eigenvalue weighted by molar-refractivity contribution is 0.185. The van der Waals surface area contributed by atoms with Gasteiger partial charge in [-0.2, -0.15) is 0 Å². The molecule has 0 amide bonds. The van der Waals surface area contributed by atoms with E-state index in [1.165, 1.54) is 6.07 Å². The fourth-order valence-corrected chi connectivity index (χ4v) is 2.60. The standard InChI is InChI=1S/C11H16N2O3S/c1-11(6-7-16-8-11)13-9-4-2-3-5-10(9)17(12,14)15/h2-5,13H,6-8H2,1H3,(H2,12,14,15). The fourth-order valence-electron chi connectivity index (χ4n) is 1.91. The van der Waals surface area contributed by atoms with E-state index >= 15 is 0 Å². The number of nitrogens with two attached hydrogens (primary N) is 1. The highest BCUT2D eigenvalue weighted by atomic mass is 32.2. The molecule has 0 bridgehead atoms. The monoisotopic (exact) mass is 256 g/mol. The van der Waals surface area contributed by atoms with Crippen LogP contribution in [0.5, 0.6) is 0 Å². The van der Waals surface area contributed by atoms with E-state index in [1.54, 1.807) is 18.2 Å². The number of anilines is 1. The van der Waals surface area contributed by atoms with E-state index in [9.17, 15) is 8.42 Å². The van der Waals surface area contributed by atoms with Gasteiger partial charge in [-0.15, -0.1) is 0 Å². The van der Waals surface area contributed by atoms with Crippen LogP contribution >= 0.6 is 0 Å². The Kier molecular flexibility index (Phi) is 3.11. The van der Waals surface area contributed by atoms with Gasteiger partial charge in [-0.05, 0) is 25.5 Å². The van der Waals surface area contributed by atoms with Gasteiger partial charge in [0.05, 0.1) is 17.8 Å². The van der Waals surface area contributed by atoms with Crippen molar-refractivity contribution < 1.29 is 13.2 Å². The molecule has 6 heteroatoms. The highest BCUT2D eigenvalue weighted by Gasteiger charge is 2.30. The van der Waals surface area contributed by atoms with Gasteiger partial charge in [0.2, 0.25) is 10.0 Å². The van der Waals surface area contributed by atoms with Crippen molar-refractivity contribution in [1.29, 1.82) is 0 Å². The molecule has 3 N–H and O–H groups in total. The largest absolute Gasteiger partial charge is 0.379 e. The molecule has 1 atom stereocenters. The number of ether oxygens (including phenoxy) is 1. The Labute approximate surface area is 101 Å². The molecule has 1 saturated heterocycles. The van der Waals surface area contributed by atoms with Gasteiger partial charge in [-0.25, -0.2) is 13.6 Å². The lowest BCUT2D eigenvalue weighted by Gasteiger charge is -2.26. The highest BCUT2D eigenvalue weighted by molar-refractivity contribution is 7.89. The molecule has 2 rings (SSSR count). The SMILES string of the molecule is CC1(Nc2ccccc2S(N)(=O)=O)CCOC1. The van der Waals surface area contributed by atoms with Gasteiger partial charge >= 0.3 is 0 Å². The van der Waals surface area contributed by atoms with E-state index in [1.807, 2.05) is 6.92 Å². The average Bonchev–Trinajstić information content (AvgIpc) is 2.64. The molecule has 1 aromatic carbocycles. The van der Waals surface area contributed by atoms with Crippen molar-refractivity contribution in [3.8, 4) is 0 Å². The van der Waals surface area contributed by atoms with E-state index in [0.717, 1.165) is 6.42 Å². The lowest BCUT2D eigenvalue weighted by Crippen LogP contribution is -2.35. The molecule has 1 aromatic rings. The number of para-hydroxylation sites is 1. The lowest BCUT2D eigenvalue weighted by atomic mass is 10.0. The second-order valence-electron chi connectivity index (χ2n) is 4.53. The number of nitrogens with one attached hydrogen (secondary N) is 1. The summed E-state index contributed by atoms with van der Waals surface area (Å²) in [4.78, 5) is 0.119. The molecule has 1 aliphatic heterocycles. The van der Waals surface area contributed by atoms with Crippen molar-refractivity contribution in [2.24, 2.45) is 5.14 Å². The maximum atomic E-state index is 11.4. The van der Waals surface area contributed by atoms with Gasteiger partial charge in [-0.1, -0.05) is 12.1 Å². The summed E-state index contributed by atoms with van der Waals surface area (Å²) in [6.45, 7) is 3.24. The van der Waals surface area contributed by atoms with Gasteiger partial charge in [0.1, 0.15) is 4.90 Å². The molecule has 0 aromatic heterocycles. The summed E-state index contributed by atoms with van der Waals surface area (Å²) in [6, 6.07) is 6.63. The summed E-state index contributed by atoms with van der Waals surface area (Å²) in [5.41, 5.74) is 0.295. The summed E-state index contributed by atoms with van der Waals surface area (Å²) >= 11 is 0. The van der Waals surface area contributed by atoms with E-state index in [-0.39, 0.29) is 10.4 Å². The third kappa shape index (κ3) is 2.77. The minimum Gasteiger partial charge on any atom is -0.379 e. The predicted octanol–water partition coefficient (Wildman–Crippen LogP) is 0.925. The van der Waals surface area contributed by atoms with Crippen molar-refractivity contribution >= 4 is 15.7 Å². The Hall–Kier alpha value is -1.11. The minimum absolute atomic E-state index is 0.119. The first kappa shape index (κ1) is 12.3. The van der Waals surface area contributed by atoms with Crippen LogP contribution in [0.3, 0.4) is 0 Å². The van der Waals surface area contributed by atoms with Crippen LogP contribution in [0.25, 0.3) is 0 Å². The molecule has 94 valence electrons. The first-order valence-electron chi connectivity index (χ1n) is 5.38. The Balaban J connectivity index is 2.33. The predicted molar refractivity (Wildman–Crippen MR) is 65.3 cm³/mol. The normalized spacial score (nSPS) is 24.8. The molecular weight excluding hydrogens is 240 g/mol. The van der Waals surface area contributed by atoms with Crippen molar-refractivity contribution in [1.82, 2.24) is 0 Å². The second-order valence-corrected chi connectivity index (χ2v) is 6.06. The van der Waals surface area contributed by atoms with Crippen LogP contribution in [-0.2, 0) is 14.8 Å². The smallest absolute Gasteiger partial charge is 0.240 e. The molecular formula is C11H16N2O3S. The number of benzene rings is 1. The third-order valence-corrected chi connectivity index (χ3v) is 3.82. The van der Waals surface area contributed by atoms with E-state index in [4.69, 9.17) is 9.88 Å². The topological polar surface area (TPSA) is 81.4 Å². The zero-order chi connectivity index (χ0) is 12.5. The first-order valence-corrected chi connectivity index (χ1v) is 6.93. The summed E-state index contributed by atoms with van der Waals surface area (Å²) in [5.74, 6) is 0. The van der Waals surface area contributed by atoms with Crippen molar-refractivity contribution in [3.63, 3.8) is 0 Å². The summed E-state index contributed by atoms with van der Waals surface area (Å²) < 4.78 is 28.2. The van der Waals surface area contributed by atoms with Crippen LogP contribution in [0.4, 0.5) is 5.69 Å². The van der Waals surface area contributed by atoms with E-state index in [2.05, 4.69) is 5.32 Å². The number of sulfonamides is 1. The van der Waals surface area contributed by atoms with E-state index in [0.29, 0.717) is 18.9 Å². The van der Waals surface area contributed by atoms with Gasteiger partial charge in [0.15, 0.2) is 0 Å². The fraction of sp³-hybridized carbons (Fsp3) is 0.455. The van der Waals surface area contributed by atoms with Gasteiger partial charge < -0.3 is 10.1 Å². The minimum atomic E-state index is -3.71. The summed E-state index contributed by atoms with van der Waals surface area (Å²) in [6.07, 6.45) is 0.839. The van der Waals surface area contributed by atoms with Crippen LogP contribution in [0.1, 0.15) is 13.3 Å². The zero-order valence-electron chi connectivity index (χ0n) is 9.64. The Morgan fingerprint density at radius 1 is 1.41 bits per heavy atom. The molecule has 1 fully saturated rings. The zero-order valence-corrected chi connectivity index (χ0v) is 10.5. The maximum absolute atomic E-state index is 11.4. The van der Waals surface area contributed by atoms with Crippen molar-refractivity contribution in [2.75, 3.05) is 18.5 Å². The number of primary sulfonamides is 1. The molecule has 17 heavy (non-hydrogen) atoms. The quantitative estimate of drug-likeness (QED) is 0.842. The van der Waals surface area contributed by atoms with Gasteiger partial charge in [0.25, 0.3) is 0 Å². The average molecular weight is 256 g/mol. The van der Waals surface area contributed by atoms with Crippen LogP contribution in [-0.4, -0.2) is 27.2 Å². The number of hydrogen-bond acceptors (Lipinski definition) is 4. The van der Waals surface area contributed by atoms with Crippen molar-refractivity contribution in [2.45, 2.75) is 23.8 Å². The van der Waals surface area contributed by atoms with Crippen LogP contribution < -0.4 is 10.5 Å². The Bertz CT molecular complexity index is 507. The second kappa shape index (κ2) is 4.29. The van der Waals surface area contributed by atoms with Gasteiger partial charge in [-0.3, -0.25) is 0 Å². The molecule has 1 unspecified atom stereocenters. The Morgan fingerprint density at radius 2 is 2.12 bits per heavy atom. The van der Waals surface area contributed by atoms with Crippen LogP contribution in [0, 0.1) is 0 Å². The molecule has 0 aliphatic carbocycles. The third-order valence-electron chi connectivity index (χ3n) is 2.85. The molecule has 0 radical (unpaired) electrons. The Morgan fingerprint density at radius 3 is 2.71 bits per heavy atom. The molecule has 1 aliphatic rings. The highest BCUT2D eigenvalue weighted by Crippen LogP contribution is 2.27. The van der Waals surface area contributed by atoms with Crippen LogP contribution in [0.2, 0.25) is 0 Å². The molecule has 0 saturated carbocycles. The molecule has 1 heterocycles. The van der Waals surface area contributed by atoms with E-state index < -0.39 is 10.0 Å². The summed E-state index contributed by atoms with van der Waals surface area (Å²) in [5, 5.41) is 8.38. The number of rotatable bonds is 3. The van der Waals surface area contributed by atoms with Gasteiger partial charge in [0, 0.05) is 6.61 Å². The first-order chi connectivity index (χ1) is 7.91. The molecule has 5 nitrogen and oxygen atoms in total. The number of hydrogen-bond donors (Lipinski definition) is 2.